The summed E-state index contributed by atoms with van der Waals surface area (Å²) in [7, 11) is 0. The lowest BCUT2D eigenvalue weighted by Crippen LogP contribution is -2.33. The van der Waals surface area contributed by atoms with Crippen molar-refractivity contribution in [1.29, 1.82) is 0 Å². The largest absolute Gasteiger partial charge is 0.309 e. The summed E-state index contributed by atoms with van der Waals surface area (Å²) in [6.07, 6.45) is 7.11. The van der Waals surface area contributed by atoms with Gasteiger partial charge in [0.15, 0.2) is 0 Å². The first-order valence-electron chi connectivity index (χ1n) is 9.01. The van der Waals surface area contributed by atoms with Crippen LogP contribution in [0, 0.1) is 12.8 Å². The van der Waals surface area contributed by atoms with E-state index in [9.17, 15) is 0 Å². The molecule has 0 spiro atoms. The minimum Gasteiger partial charge on any atom is -0.309 e. The van der Waals surface area contributed by atoms with Crippen molar-refractivity contribution in [2.75, 3.05) is 0 Å². The minimum atomic E-state index is 0.566. The van der Waals surface area contributed by atoms with Crippen LogP contribution in [0.25, 0.3) is 5.69 Å². The number of hydrogen-bond acceptors (Lipinski definition) is 3. The van der Waals surface area contributed by atoms with E-state index in [1.807, 2.05) is 0 Å². The topological polar surface area (TPSA) is 42.7 Å². The maximum Gasteiger partial charge on any atom is 0.138 e. The summed E-state index contributed by atoms with van der Waals surface area (Å²) in [5.74, 6) is 0.828. The maximum atomic E-state index is 4.17. The molecule has 1 aliphatic rings. The molecule has 0 aliphatic heterocycles. The van der Waals surface area contributed by atoms with Crippen molar-refractivity contribution in [2.45, 2.75) is 38.8 Å². The SMILES string of the molecule is Cc1ccccc1CC(NCc1ccc(-n2cncn2)cc1)C1CC1. The molecule has 1 unspecified atom stereocenters. The van der Waals surface area contributed by atoms with Crippen LogP contribution in [0.1, 0.15) is 29.5 Å². The third-order valence-electron chi connectivity index (χ3n) is 5.08. The fourth-order valence-electron chi connectivity index (χ4n) is 3.34. The average Bonchev–Trinajstić information content (AvgIpc) is 3.34. The van der Waals surface area contributed by atoms with Crippen LogP contribution in [0.5, 0.6) is 0 Å². The molecule has 2 aromatic carbocycles. The van der Waals surface area contributed by atoms with Gasteiger partial charge in [0.05, 0.1) is 5.69 Å². The van der Waals surface area contributed by atoms with Gasteiger partial charge in [0.1, 0.15) is 12.7 Å². The lowest BCUT2D eigenvalue weighted by atomic mass is 9.98. The van der Waals surface area contributed by atoms with E-state index in [1.165, 1.54) is 29.5 Å². The predicted octanol–water partition coefficient (Wildman–Crippen LogP) is 3.69. The molecule has 1 N–H and O–H groups in total. The molecular weight excluding hydrogens is 308 g/mol. The molecular formula is C21H24N4. The number of aromatic nitrogens is 3. The molecule has 25 heavy (non-hydrogen) atoms. The standard InChI is InChI=1S/C21H24N4/c1-16-4-2-3-5-19(16)12-21(18-8-9-18)23-13-17-6-10-20(11-7-17)25-15-22-14-24-25/h2-7,10-11,14-15,18,21,23H,8-9,12-13H2,1H3. The first-order valence-corrected chi connectivity index (χ1v) is 9.01. The minimum absolute atomic E-state index is 0.566. The number of benzene rings is 2. The zero-order chi connectivity index (χ0) is 17.1. The Morgan fingerprint density at radius 2 is 1.92 bits per heavy atom. The molecule has 1 saturated carbocycles. The fourth-order valence-corrected chi connectivity index (χ4v) is 3.34. The van der Waals surface area contributed by atoms with Crippen LogP contribution < -0.4 is 5.32 Å². The summed E-state index contributed by atoms with van der Waals surface area (Å²) in [6.45, 7) is 3.12. The van der Waals surface area contributed by atoms with Gasteiger partial charge < -0.3 is 5.32 Å². The van der Waals surface area contributed by atoms with Crippen molar-refractivity contribution >= 4 is 0 Å². The fraction of sp³-hybridized carbons (Fsp3) is 0.333. The molecule has 0 bridgehead atoms. The van der Waals surface area contributed by atoms with Gasteiger partial charge in [-0.25, -0.2) is 9.67 Å². The van der Waals surface area contributed by atoms with Crippen molar-refractivity contribution in [1.82, 2.24) is 20.1 Å². The summed E-state index contributed by atoms with van der Waals surface area (Å²) in [6, 6.07) is 17.8. The molecule has 1 atom stereocenters. The zero-order valence-electron chi connectivity index (χ0n) is 14.6. The highest BCUT2D eigenvalue weighted by Gasteiger charge is 2.31. The molecule has 128 valence electrons. The van der Waals surface area contributed by atoms with Gasteiger partial charge in [0.2, 0.25) is 0 Å². The maximum absolute atomic E-state index is 4.17. The second kappa shape index (κ2) is 7.19. The molecule has 4 heteroatoms. The van der Waals surface area contributed by atoms with Crippen LogP contribution >= 0.6 is 0 Å². The van der Waals surface area contributed by atoms with Crippen LogP contribution in [-0.4, -0.2) is 20.8 Å². The van der Waals surface area contributed by atoms with Gasteiger partial charge in [-0.15, -0.1) is 0 Å². The number of nitrogens with one attached hydrogen (secondary N) is 1. The first kappa shape index (κ1) is 16.0. The number of aryl methyl sites for hydroxylation is 1. The van der Waals surface area contributed by atoms with E-state index in [1.54, 1.807) is 17.3 Å². The Hall–Kier alpha value is -2.46. The van der Waals surface area contributed by atoms with Crippen molar-refractivity contribution in [3.8, 4) is 5.69 Å². The van der Waals surface area contributed by atoms with E-state index in [0.29, 0.717) is 6.04 Å². The molecule has 1 aromatic heterocycles. The van der Waals surface area contributed by atoms with Gasteiger partial charge in [-0.2, -0.15) is 5.10 Å². The molecule has 0 saturated heterocycles. The van der Waals surface area contributed by atoms with Crippen molar-refractivity contribution in [3.63, 3.8) is 0 Å². The summed E-state index contributed by atoms with van der Waals surface area (Å²) < 4.78 is 1.78. The molecule has 0 radical (unpaired) electrons. The Morgan fingerprint density at radius 3 is 2.60 bits per heavy atom. The smallest absolute Gasteiger partial charge is 0.138 e. The quantitative estimate of drug-likeness (QED) is 0.717. The van der Waals surface area contributed by atoms with E-state index >= 15 is 0 Å². The highest BCUT2D eigenvalue weighted by molar-refractivity contribution is 5.33. The van der Waals surface area contributed by atoms with Crippen molar-refractivity contribution in [2.24, 2.45) is 5.92 Å². The summed E-state index contributed by atoms with van der Waals surface area (Å²) in [4.78, 5) is 3.99. The molecule has 1 fully saturated rings. The van der Waals surface area contributed by atoms with E-state index in [2.05, 4.69) is 70.9 Å². The Labute approximate surface area is 148 Å². The van der Waals surface area contributed by atoms with E-state index in [-0.39, 0.29) is 0 Å². The first-order chi connectivity index (χ1) is 12.3. The third-order valence-corrected chi connectivity index (χ3v) is 5.08. The van der Waals surface area contributed by atoms with Crippen LogP contribution in [-0.2, 0) is 13.0 Å². The molecule has 4 nitrogen and oxygen atoms in total. The third kappa shape index (κ3) is 3.97. The molecule has 3 aromatic rings. The summed E-state index contributed by atoms with van der Waals surface area (Å²) in [5, 5.41) is 7.96. The molecule has 1 heterocycles. The normalized spacial score (nSPS) is 15.2. The predicted molar refractivity (Wildman–Crippen MR) is 99.6 cm³/mol. The van der Waals surface area contributed by atoms with Crippen LogP contribution in [0.3, 0.4) is 0 Å². The van der Waals surface area contributed by atoms with Gasteiger partial charge in [0.25, 0.3) is 0 Å². The monoisotopic (exact) mass is 332 g/mol. The Morgan fingerprint density at radius 1 is 1.12 bits per heavy atom. The van der Waals surface area contributed by atoms with E-state index in [4.69, 9.17) is 0 Å². The zero-order valence-corrected chi connectivity index (χ0v) is 14.6. The van der Waals surface area contributed by atoms with Crippen LogP contribution in [0.15, 0.2) is 61.2 Å². The number of hydrogen-bond donors (Lipinski definition) is 1. The second-order valence-electron chi connectivity index (χ2n) is 6.96. The Bertz CT molecular complexity index is 804. The van der Waals surface area contributed by atoms with Gasteiger partial charge >= 0.3 is 0 Å². The average molecular weight is 332 g/mol. The molecule has 1 aliphatic carbocycles. The van der Waals surface area contributed by atoms with Gasteiger partial charge in [-0.1, -0.05) is 36.4 Å². The molecule has 4 rings (SSSR count). The van der Waals surface area contributed by atoms with E-state index < -0.39 is 0 Å². The highest BCUT2D eigenvalue weighted by atomic mass is 15.3. The van der Waals surface area contributed by atoms with Gasteiger partial charge in [-0.05, 0) is 60.9 Å². The van der Waals surface area contributed by atoms with Gasteiger partial charge in [-0.3, -0.25) is 0 Å². The van der Waals surface area contributed by atoms with Crippen molar-refractivity contribution in [3.05, 3.63) is 77.9 Å². The Balaban J connectivity index is 1.39. The second-order valence-corrected chi connectivity index (χ2v) is 6.96. The Kier molecular flexibility index (Phi) is 4.61. The molecule has 0 amide bonds. The van der Waals surface area contributed by atoms with Crippen LogP contribution in [0.2, 0.25) is 0 Å². The summed E-state index contributed by atoms with van der Waals surface area (Å²) >= 11 is 0. The lowest BCUT2D eigenvalue weighted by Gasteiger charge is -2.20. The highest BCUT2D eigenvalue weighted by Crippen LogP contribution is 2.34. The van der Waals surface area contributed by atoms with Gasteiger partial charge in [0, 0.05) is 12.6 Å². The van der Waals surface area contributed by atoms with Crippen molar-refractivity contribution < 1.29 is 0 Å². The lowest BCUT2D eigenvalue weighted by molar-refractivity contribution is 0.458. The van der Waals surface area contributed by atoms with E-state index in [0.717, 1.165) is 24.6 Å². The van der Waals surface area contributed by atoms with Crippen LogP contribution in [0.4, 0.5) is 0 Å². The number of nitrogens with zero attached hydrogens (tertiary/aromatic N) is 3. The number of rotatable bonds is 7. The summed E-state index contributed by atoms with van der Waals surface area (Å²) in [5.41, 5.74) is 5.21.